The van der Waals surface area contributed by atoms with Crippen molar-refractivity contribution in [1.82, 2.24) is 4.98 Å². The molecule has 0 bridgehead atoms. The molecule has 1 aliphatic rings. The van der Waals surface area contributed by atoms with E-state index in [-0.39, 0.29) is 0 Å². The third kappa shape index (κ3) is 2.88. The van der Waals surface area contributed by atoms with E-state index in [0.717, 1.165) is 25.2 Å². The average Bonchev–Trinajstić information content (AvgIpc) is 2.29. The summed E-state index contributed by atoms with van der Waals surface area (Å²) in [6.45, 7) is 5.80. The third-order valence-electron chi connectivity index (χ3n) is 3.21. The normalized spacial score (nSPS) is 24.8. The van der Waals surface area contributed by atoms with Gasteiger partial charge in [0.25, 0.3) is 0 Å². The Hall–Kier alpha value is -1.29. The van der Waals surface area contributed by atoms with Gasteiger partial charge in [-0.15, -0.1) is 0 Å². The van der Waals surface area contributed by atoms with Crippen LogP contribution in [0.5, 0.6) is 5.88 Å². The first-order valence-corrected chi connectivity index (χ1v) is 6.32. The van der Waals surface area contributed by atoms with Gasteiger partial charge < -0.3 is 15.4 Å². The molecule has 4 heteroatoms. The van der Waals surface area contributed by atoms with E-state index in [2.05, 4.69) is 16.8 Å². The smallest absolute Gasteiger partial charge is 0.215 e. The van der Waals surface area contributed by atoms with Gasteiger partial charge >= 0.3 is 0 Å². The minimum absolute atomic E-state index is 0.330. The van der Waals surface area contributed by atoms with Crippen LogP contribution >= 0.6 is 0 Å². The molecule has 0 spiro atoms. The van der Waals surface area contributed by atoms with E-state index in [1.807, 2.05) is 25.1 Å². The van der Waals surface area contributed by atoms with E-state index >= 15 is 0 Å². The maximum absolute atomic E-state index is 5.97. The van der Waals surface area contributed by atoms with Gasteiger partial charge in [-0.3, -0.25) is 0 Å². The minimum atomic E-state index is 0.330. The number of ether oxygens (including phenoxy) is 1. The highest BCUT2D eigenvalue weighted by atomic mass is 16.5. The van der Waals surface area contributed by atoms with Crippen molar-refractivity contribution in [1.29, 1.82) is 0 Å². The maximum atomic E-state index is 5.97. The molecule has 0 radical (unpaired) electrons. The Labute approximate surface area is 103 Å². The van der Waals surface area contributed by atoms with E-state index in [1.54, 1.807) is 0 Å². The molecular weight excluding hydrogens is 214 g/mol. The van der Waals surface area contributed by atoms with Crippen LogP contribution in [0, 0.1) is 0 Å². The van der Waals surface area contributed by atoms with Gasteiger partial charge in [0.2, 0.25) is 5.88 Å². The van der Waals surface area contributed by atoms with Crippen molar-refractivity contribution in [3.05, 3.63) is 18.2 Å². The summed E-state index contributed by atoms with van der Waals surface area (Å²) in [5, 5.41) is 0. The molecule has 4 nitrogen and oxygen atoms in total. The second kappa shape index (κ2) is 5.36. The fraction of sp³-hybridized carbons (Fsp3) is 0.615. The summed E-state index contributed by atoms with van der Waals surface area (Å²) in [7, 11) is 0. The predicted molar refractivity (Wildman–Crippen MR) is 69.4 cm³/mol. The Bertz CT molecular complexity index is 369. The number of pyridine rings is 1. The average molecular weight is 235 g/mol. The zero-order valence-corrected chi connectivity index (χ0v) is 10.6. The molecule has 1 fully saturated rings. The van der Waals surface area contributed by atoms with Gasteiger partial charge in [-0.2, -0.15) is 4.98 Å². The molecule has 2 unspecified atom stereocenters. The van der Waals surface area contributed by atoms with Gasteiger partial charge in [0.15, 0.2) is 0 Å². The molecule has 2 N–H and O–H groups in total. The Kier molecular flexibility index (Phi) is 3.84. The Balaban J connectivity index is 2.13. The largest absolute Gasteiger partial charge is 0.478 e. The second-order valence-electron chi connectivity index (χ2n) is 4.59. The molecule has 0 aromatic carbocycles. The van der Waals surface area contributed by atoms with Crippen LogP contribution in [0.2, 0.25) is 0 Å². The van der Waals surface area contributed by atoms with E-state index < -0.39 is 0 Å². The summed E-state index contributed by atoms with van der Waals surface area (Å²) in [4.78, 5) is 6.84. The van der Waals surface area contributed by atoms with Crippen LogP contribution in [-0.4, -0.2) is 30.2 Å². The van der Waals surface area contributed by atoms with Crippen molar-refractivity contribution in [2.24, 2.45) is 5.73 Å². The highest BCUT2D eigenvalue weighted by Crippen LogP contribution is 2.24. The summed E-state index contributed by atoms with van der Waals surface area (Å²) >= 11 is 0. The van der Waals surface area contributed by atoms with Crippen LogP contribution in [0.1, 0.15) is 26.7 Å². The number of aromatic nitrogens is 1. The lowest BCUT2D eigenvalue weighted by atomic mass is 9.99. The molecule has 2 atom stereocenters. The number of hydrogen-bond donors (Lipinski definition) is 1. The zero-order valence-electron chi connectivity index (χ0n) is 10.6. The van der Waals surface area contributed by atoms with Crippen LogP contribution in [0.4, 0.5) is 5.82 Å². The number of anilines is 1. The van der Waals surface area contributed by atoms with Crippen molar-refractivity contribution in [2.45, 2.75) is 38.8 Å². The van der Waals surface area contributed by atoms with E-state index in [9.17, 15) is 0 Å². The van der Waals surface area contributed by atoms with Crippen LogP contribution < -0.4 is 15.4 Å². The first kappa shape index (κ1) is 12.2. The first-order valence-electron chi connectivity index (χ1n) is 6.32. The number of nitrogens with zero attached hydrogens (tertiary/aromatic N) is 2. The van der Waals surface area contributed by atoms with Crippen LogP contribution in [0.25, 0.3) is 0 Å². The molecule has 1 aromatic heterocycles. The van der Waals surface area contributed by atoms with Crippen molar-refractivity contribution < 1.29 is 4.74 Å². The van der Waals surface area contributed by atoms with Gasteiger partial charge in [-0.05, 0) is 32.8 Å². The summed E-state index contributed by atoms with van der Waals surface area (Å²) in [6.07, 6.45) is 2.06. The molecular formula is C13H21N3O. The van der Waals surface area contributed by atoms with Gasteiger partial charge in [-0.25, -0.2) is 0 Å². The van der Waals surface area contributed by atoms with Gasteiger partial charge in [0.1, 0.15) is 5.82 Å². The molecule has 1 aliphatic heterocycles. The molecule has 0 amide bonds. The third-order valence-corrected chi connectivity index (χ3v) is 3.21. The standard InChI is InChI=1S/C13H21N3O/c1-3-17-13-6-4-5-12(15-13)16-8-7-11(14)9-10(16)2/h4-6,10-11H,3,7-9,14H2,1-2H3. The lowest BCUT2D eigenvalue weighted by Crippen LogP contribution is -2.45. The van der Waals surface area contributed by atoms with Crippen molar-refractivity contribution in [3.63, 3.8) is 0 Å². The molecule has 1 aromatic rings. The minimum Gasteiger partial charge on any atom is -0.478 e. The van der Waals surface area contributed by atoms with Crippen LogP contribution in [-0.2, 0) is 0 Å². The van der Waals surface area contributed by atoms with Crippen LogP contribution in [0.3, 0.4) is 0 Å². The molecule has 1 saturated heterocycles. The van der Waals surface area contributed by atoms with Gasteiger partial charge in [0.05, 0.1) is 6.61 Å². The van der Waals surface area contributed by atoms with Crippen molar-refractivity contribution >= 4 is 5.82 Å². The number of nitrogens with two attached hydrogens (primary N) is 1. The lowest BCUT2D eigenvalue weighted by molar-refractivity contribution is 0.326. The highest BCUT2D eigenvalue weighted by Gasteiger charge is 2.24. The SMILES string of the molecule is CCOc1cccc(N2CCC(N)CC2C)n1. The summed E-state index contributed by atoms with van der Waals surface area (Å²) < 4.78 is 5.43. The van der Waals surface area contributed by atoms with E-state index in [4.69, 9.17) is 10.5 Å². The predicted octanol–water partition coefficient (Wildman–Crippen LogP) is 1.80. The maximum Gasteiger partial charge on any atom is 0.215 e. The van der Waals surface area contributed by atoms with Crippen molar-refractivity contribution in [3.8, 4) is 5.88 Å². The van der Waals surface area contributed by atoms with Gasteiger partial charge in [0, 0.05) is 24.7 Å². The quantitative estimate of drug-likeness (QED) is 0.868. The first-order chi connectivity index (χ1) is 8.20. The molecule has 0 aliphatic carbocycles. The Morgan fingerprint density at radius 3 is 3.06 bits per heavy atom. The summed E-state index contributed by atoms with van der Waals surface area (Å²) in [5.41, 5.74) is 5.97. The van der Waals surface area contributed by atoms with E-state index in [1.165, 1.54) is 0 Å². The second-order valence-corrected chi connectivity index (χ2v) is 4.59. The summed E-state index contributed by atoms with van der Waals surface area (Å²) in [5.74, 6) is 1.70. The molecule has 2 rings (SSSR count). The number of piperidine rings is 1. The van der Waals surface area contributed by atoms with Crippen molar-refractivity contribution in [2.75, 3.05) is 18.1 Å². The fourth-order valence-electron chi connectivity index (χ4n) is 2.34. The molecule has 94 valence electrons. The van der Waals surface area contributed by atoms with Crippen LogP contribution in [0.15, 0.2) is 18.2 Å². The zero-order chi connectivity index (χ0) is 12.3. The summed E-state index contributed by atoms with van der Waals surface area (Å²) in [6, 6.07) is 6.71. The topological polar surface area (TPSA) is 51.4 Å². The molecule has 17 heavy (non-hydrogen) atoms. The number of hydrogen-bond acceptors (Lipinski definition) is 4. The lowest BCUT2D eigenvalue weighted by Gasteiger charge is -2.37. The molecule has 2 heterocycles. The van der Waals surface area contributed by atoms with E-state index in [0.29, 0.717) is 24.6 Å². The monoisotopic (exact) mass is 235 g/mol. The Morgan fingerprint density at radius 1 is 1.53 bits per heavy atom. The fourth-order valence-corrected chi connectivity index (χ4v) is 2.34. The Morgan fingerprint density at radius 2 is 2.35 bits per heavy atom. The highest BCUT2D eigenvalue weighted by molar-refractivity contribution is 5.42. The molecule has 0 saturated carbocycles. The number of rotatable bonds is 3. The van der Waals surface area contributed by atoms with Gasteiger partial charge in [-0.1, -0.05) is 6.07 Å².